The number of halogens is 1. The molecule has 0 aliphatic rings. The number of nitrogens with one attached hydrogen (secondary N) is 1. The van der Waals surface area contributed by atoms with Gasteiger partial charge in [0.15, 0.2) is 0 Å². The van der Waals surface area contributed by atoms with Crippen molar-refractivity contribution in [1.29, 1.82) is 5.26 Å². The number of carboxylic acid groups (broad SMARTS) is 1. The van der Waals surface area contributed by atoms with Gasteiger partial charge in [-0.15, -0.1) is 0 Å². The van der Waals surface area contributed by atoms with Crippen LogP contribution < -0.4 is 5.32 Å². The Morgan fingerprint density at radius 3 is 2.55 bits per heavy atom. The Bertz CT molecular complexity index is 675. The molecule has 0 fully saturated rings. The summed E-state index contributed by atoms with van der Waals surface area (Å²) in [6.07, 6.45) is 0. The normalized spacial score (nSPS) is 9.80. The zero-order valence-corrected chi connectivity index (χ0v) is 12.0. The smallest absolute Gasteiger partial charge is 0.335 e. The summed E-state index contributed by atoms with van der Waals surface area (Å²) < 4.78 is 0.889. The maximum Gasteiger partial charge on any atom is 0.335 e. The van der Waals surface area contributed by atoms with Crippen LogP contribution in [0.4, 0.5) is 5.69 Å². The van der Waals surface area contributed by atoms with E-state index in [-0.39, 0.29) is 5.56 Å². The molecule has 0 amide bonds. The Morgan fingerprint density at radius 2 is 1.95 bits per heavy atom. The summed E-state index contributed by atoms with van der Waals surface area (Å²) in [7, 11) is 0. The summed E-state index contributed by atoms with van der Waals surface area (Å²) in [5, 5.41) is 21.0. The molecule has 100 valence electrons. The van der Waals surface area contributed by atoms with E-state index in [9.17, 15) is 4.79 Å². The van der Waals surface area contributed by atoms with Crippen LogP contribution in [-0.4, -0.2) is 11.1 Å². The van der Waals surface area contributed by atoms with Crippen molar-refractivity contribution in [1.82, 2.24) is 0 Å². The first-order valence-electron chi connectivity index (χ1n) is 5.86. The summed E-state index contributed by atoms with van der Waals surface area (Å²) in [5.41, 5.74) is 2.51. The summed E-state index contributed by atoms with van der Waals surface area (Å²) in [4.78, 5) is 10.8. The Kier molecular flexibility index (Phi) is 4.38. The van der Waals surface area contributed by atoms with Crippen molar-refractivity contribution in [3.8, 4) is 6.07 Å². The van der Waals surface area contributed by atoms with Gasteiger partial charge in [0.1, 0.15) is 6.07 Å². The van der Waals surface area contributed by atoms with Gasteiger partial charge in [-0.3, -0.25) is 0 Å². The molecule has 0 spiro atoms. The van der Waals surface area contributed by atoms with Gasteiger partial charge in [-0.2, -0.15) is 5.26 Å². The second kappa shape index (κ2) is 6.22. The van der Waals surface area contributed by atoms with E-state index < -0.39 is 5.97 Å². The van der Waals surface area contributed by atoms with E-state index in [1.807, 2.05) is 12.1 Å². The fraction of sp³-hybridized carbons (Fsp3) is 0.0667. The lowest BCUT2D eigenvalue weighted by Gasteiger charge is -2.09. The van der Waals surface area contributed by atoms with Gasteiger partial charge in [0.2, 0.25) is 0 Å². The van der Waals surface area contributed by atoms with E-state index in [0.29, 0.717) is 12.1 Å². The molecule has 0 aromatic heterocycles. The highest BCUT2D eigenvalue weighted by molar-refractivity contribution is 9.10. The molecule has 0 saturated carbocycles. The fourth-order valence-corrected chi connectivity index (χ4v) is 2.08. The van der Waals surface area contributed by atoms with Crippen LogP contribution in [0.1, 0.15) is 21.5 Å². The third kappa shape index (κ3) is 3.37. The zero-order valence-electron chi connectivity index (χ0n) is 10.4. The van der Waals surface area contributed by atoms with Crippen LogP contribution in [-0.2, 0) is 6.54 Å². The number of aromatic carboxylic acids is 1. The number of hydrogen-bond acceptors (Lipinski definition) is 3. The average Bonchev–Trinajstić information content (AvgIpc) is 2.45. The molecule has 0 bridgehead atoms. The third-order valence-corrected chi connectivity index (χ3v) is 3.28. The highest BCUT2D eigenvalue weighted by atomic mass is 79.9. The predicted molar refractivity (Wildman–Crippen MR) is 79.6 cm³/mol. The van der Waals surface area contributed by atoms with E-state index in [1.165, 1.54) is 0 Å². The van der Waals surface area contributed by atoms with Crippen molar-refractivity contribution in [3.63, 3.8) is 0 Å². The first-order valence-corrected chi connectivity index (χ1v) is 6.65. The lowest BCUT2D eigenvalue weighted by Crippen LogP contribution is -2.02. The van der Waals surface area contributed by atoms with Gasteiger partial charge in [0, 0.05) is 11.0 Å². The first kappa shape index (κ1) is 14.1. The van der Waals surface area contributed by atoms with Crippen molar-refractivity contribution >= 4 is 27.6 Å². The van der Waals surface area contributed by atoms with Crippen molar-refractivity contribution in [2.24, 2.45) is 0 Å². The topological polar surface area (TPSA) is 73.1 Å². The number of carboxylic acids is 1. The molecule has 2 aromatic carbocycles. The molecule has 0 atom stereocenters. The van der Waals surface area contributed by atoms with Crippen molar-refractivity contribution in [3.05, 3.63) is 63.6 Å². The minimum Gasteiger partial charge on any atom is -0.478 e. The molecule has 5 heteroatoms. The molecule has 2 aromatic rings. The van der Waals surface area contributed by atoms with E-state index in [1.54, 1.807) is 30.3 Å². The monoisotopic (exact) mass is 330 g/mol. The molecule has 2 rings (SSSR count). The highest BCUT2D eigenvalue weighted by Crippen LogP contribution is 2.21. The minimum absolute atomic E-state index is 0.258. The van der Waals surface area contributed by atoms with Gasteiger partial charge in [-0.25, -0.2) is 4.79 Å². The summed E-state index contributed by atoms with van der Waals surface area (Å²) in [5.74, 6) is -0.941. The quantitative estimate of drug-likeness (QED) is 0.897. The zero-order chi connectivity index (χ0) is 14.5. The molecule has 0 unspecified atom stereocenters. The molecule has 0 saturated heterocycles. The molecule has 20 heavy (non-hydrogen) atoms. The second-order valence-corrected chi connectivity index (χ2v) is 5.07. The van der Waals surface area contributed by atoms with Crippen LogP contribution in [0, 0.1) is 11.3 Å². The van der Waals surface area contributed by atoms with Gasteiger partial charge in [-0.1, -0.05) is 28.1 Å². The van der Waals surface area contributed by atoms with E-state index in [2.05, 4.69) is 27.3 Å². The molecule has 0 heterocycles. The lowest BCUT2D eigenvalue weighted by molar-refractivity contribution is 0.0697. The van der Waals surface area contributed by atoms with Crippen molar-refractivity contribution in [2.75, 3.05) is 5.32 Å². The van der Waals surface area contributed by atoms with Crippen LogP contribution in [0.25, 0.3) is 0 Å². The molecule has 4 nitrogen and oxygen atoms in total. The van der Waals surface area contributed by atoms with Crippen molar-refractivity contribution in [2.45, 2.75) is 6.54 Å². The van der Waals surface area contributed by atoms with Gasteiger partial charge >= 0.3 is 5.97 Å². The number of nitrogens with zero attached hydrogens (tertiary/aromatic N) is 1. The second-order valence-electron chi connectivity index (χ2n) is 4.16. The Balaban J connectivity index is 2.11. The average molecular weight is 331 g/mol. The summed E-state index contributed by atoms with van der Waals surface area (Å²) >= 11 is 3.36. The Morgan fingerprint density at radius 1 is 1.25 bits per heavy atom. The lowest BCUT2D eigenvalue weighted by atomic mass is 10.1. The van der Waals surface area contributed by atoms with Crippen molar-refractivity contribution < 1.29 is 9.90 Å². The van der Waals surface area contributed by atoms with Crippen LogP contribution in [0.3, 0.4) is 0 Å². The maximum absolute atomic E-state index is 10.8. The van der Waals surface area contributed by atoms with Gasteiger partial charge in [0.25, 0.3) is 0 Å². The number of anilines is 1. The van der Waals surface area contributed by atoms with E-state index >= 15 is 0 Å². The summed E-state index contributed by atoms with van der Waals surface area (Å²) in [6, 6.07) is 14.1. The number of benzene rings is 2. The number of rotatable bonds is 4. The van der Waals surface area contributed by atoms with Gasteiger partial charge in [-0.05, 0) is 35.9 Å². The highest BCUT2D eigenvalue weighted by Gasteiger charge is 2.04. The molecule has 0 aliphatic carbocycles. The fourth-order valence-electron chi connectivity index (χ4n) is 1.72. The molecule has 0 aliphatic heterocycles. The SMILES string of the molecule is N#Cc1ccc(Br)cc1NCc1ccc(C(=O)O)cc1. The number of hydrogen-bond donors (Lipinski definition) is 2. The largest absolute Gasteiger partial charge is 0.478 e. The third-order valence-electron chi connectivity index (χ3n) is 2.79. The first-order chi connectivity index (χ1) is 9.60. The molecule has 0 radical (unpaired) electrons. The number of nitriles is 1. The van der Waals surface area contributed by atoms with Gasteiger partial charge in [0.05, 0.1) is 16.8 Å². The molecular formula is C15H11BrN2O2. The maximum atomic E-state index is 10.8. The summed E-state index contributed by atoms with van der Waals surface area (Å²) in [6.45, 7) is 0.519. The van der Waals surface area contributed by atoms with E-state index in [4.69, 9.17) is 10.4 Å². The minimum atomic E-state index is -0.941. The number of carbonyl (C=O) groups is 1. The Labute approximate surface area is 124 Å². The van der Waals surface area contributed by atoms with Crippen LogP contribution in [0.15, 0.2) is 46.9 Å². The molecule has 2 N–H and O–H groups in total. The standard InChI is InChI=1S/C15H11BrN2O2/c16-13-6-5-12(8-17)14(7-13)18-9-10-1-3-11(4-2-10)15(19)20/h1-7,18H,9H2,(H,19,20). The van der Waals surface area contributed by atoms with Crippen LogP contribution >= 0.6 is 15.9 Å². The Hall–Kier alpha value is -2.32. The molecular weight excluding hydrogens is 320 g/mol. The van der Waals surface area contributed by atoms with E-state index in [0.717, 1.165) is 15.7 Å². The van der Waals surface area contributed by atoms with Crippen LogP contribution in [0.2, 0.25) is 0 Å². The van der Waals surface area contributed by atoms with Gasteiger partial charge < -0.3 is 10.4 Å². The van der Waals surface area contributed by atoms with Crippen LogP contribution in [0.5, 0.6) is 0 Å². The predicted octanol–water partition coefficient (Wildman–Crippen LogP) is 3.63.